The number of hydrogen-bond acceptors (Lipinski definition) is 0. The fourth-order valence-electron chi connectivity index (χ4n) is 1.40. The third kappa shape index (κ3) is 12.9. The summed E-state index contributed by atoms with van der Waals surface area (Å²) in [6.07, 6.45) is 9.61. The molecule has 13 heavy (non-hydrogen) atoms. The van der Waals surface area contributed by atoms with Crippen LogP contribution >= 0.6 is 20.3 Å². The number of rotatable bonds is 8. The minimum absolute atomic E-state index is 1.26. The van der Waals surface area contributed by atoms with Crippen LogP contribution in [-0.2, 0) is 0 Å². The average Bonchev–Trinajstić information content (AvgIpc) is 2.01. The largest absolute Gasteiger partial charge is 0.168 e. The minimum Gasteiger partial charge on any atom is -0.168 e. The van der Waals surface area contributed by atoms with E-state index >= 15 is 0 Å². The molecule has 0 bridgehead atoms. The number of hydrogen-bond donors (Lipinski definition) is 0. The molecule has 0 saturated heterocycles. The van der Waals surface area contributed by atoms with Gasteiger partial charge < -0.3 is 0 Å². The lowest BCUT2D eigenvalue weighted by molar-refractivity contribution is 0.625. The highest BCUT2D eigenvalue weighted by atomic mass is 35.6. The van der Waals surface area contributed by atoms with Crippen molar-refractivity contribution in [3.8, 4) is 0 Å². The average molecular weight is 239 g/mol. The first-order valence-electron chi connectivity index (χ1n) is 5.45. The molecule has 1 atom stereocenters. The Kier molecular flexibility index (Phi) is 8.86. The van der Waals surface area contributed by atoms with Gasteiger partial charge in [0.05, 0.1) is 0 Å². The van der Waals surface area contributed by atoms with Crippen LogP contribution in [0.25, 0.3) is 0 Å². The van der Waals surface area contributed by atoms with Crippen LogP contribution in [0.2, 0.25) is 19.1 Å². The lowest BCUT2D eigenvalue weighted by Gasteiger charge is -2.11. The molecular formula is C10H24ClPSi. The summed E-state index contributed by atoms with van der Waals surface area (Å²) in [5, 5.41) is 0. The molecule has 0 fully saturated rings. The van der Waals surface area contributed by atoms with Gasteiger partial charge in [-0.1, -0.05) is 45.2 Å². The standard InChI is InChI=1S/C10H24ClPSi/c1-13(2,11)10-8-6-4-3-5-7-9-12/h3-10,12H2,1-2H3. The van der Waals surface area contributed by atoms with Gasteiger partial charge in [0, 0.05) is 0 Å². The van der Waals surface area contributed by atoms with Gasteiger partial charge in [-0.25, -0.2) is 0 Å². The summed E-state index contributed by atoms with van der Waals surface area (Å²) in [7, 11) is 1.53. The van der Waals surface area contributed by atoms with Crippen LogP contribution in [0.5, 0.6) is 0 Å². The van der Waals surface area contributed by atoms with E-state index in [0.29, 0.717) is 0 Å². The highest BCUT2D eigenvalue weighted by Crippen LogP contribution is 2.19. The van der Waals surface area contributed by atoms with Crippen molar-refractivity contribution in [1.29, 1.82) is 0 Å². The van der Waals surface area contributed by atoms with Crippen molar-refractivity contribution < 1.29 is 0 Å². The van der Waals surface area contributed by atoms with Crippen LogP contribution in [0.3, 0.4) is 0 Å². The Morgan fingerprint density at radius 1 is 0.923 bits per heavy atom. The van der Waals surface area contributed by atoms with Crippen molar-refractivity contribution in [2.45, 2.75) is 57.7 Å². The lowest BCUT2D eigenvalue weighted by Crippen LogP contribution is -2.14. The van der Waals surface area contributed by atoms with Gasteiger partial charge in [-0.3, -0.25) is 0 Å². The fraction of sp³-hybridized carbons (Fsp3) is 1.00. The third-order valence-electron chi connectivity index (χ3n) is 2.23. The Morgan fingerprint density at radius 3 is 1.85 bits per heavy atom. The van der Waals surface area contributed by atoms with E-state index in [1.54, 1.807) is 0 Å². The predicted molar refractivity (Wildman–Crippen MR) is 70.4 cm³/mol. The van der Waals surface area contributed by atoms with Crippen molar-refractivity contribution in [3.05, 3.63) is 0 Å². The molecule has 0 amide bonds. The Balaban J connectivity index is 3.00. The number of unbranched alkanes of at least 4 members (excludes halogenated alkanes) is 5. The molecule has 0 aliphatic rings. The van der Waals surface area contributed by atoms with E-state index in [4.69, 9.17) is 11.1 Å². The van der Waals surface area contributed by atoms with E-state index in [1.165, 1.54) is 50.7 Å². The molecule has 0 aliphatic carbocycles. The SMILES string of the molecule is C[Si](C)(Cl)CCCCCCCCP. The van der Waals surface area contributed by atoms with Crippen molar-refractivity contribution in [2.24, 2.45) is 0 Å². The maximum Gasteiger partial charge on any atom is 0.150 e. The molecule has 0 heterocycles. The second-order valence-corrected chi connectivity index (χ2v) is 12.0. The molecule has 0 radical (unpaired) electrons. The maximum atomic E-state index is 6.23. The molecule has 0 aromatic rings. The van der Waals surface area contributed by atoms with Gasteiger partial charge in [0.2, 0.25) is 0 Å². The summed E-state index contributed by atoms with van der Waals surface area (Å²) in [4.78, 5) is 0. The molecule has 0 aromatic heterocycles. The minimum atomic E-state index is -1.26. The molecule has 0 N–H and O–H groups in total. The van der Waals surface area contributed by atoms with Crippen LogP contribution in [0, 0.1) is 0 Å². The van der Waals surface area contributed by atoms with Crippen LogP contribution in [0.1, 0.15) is 38.5 Å². The topological polar surface area (TPSA) is 0 Å². The first-order valence-corrected chi connectivity index (χ1v) is 10.5. The molecule has 0 rings (SSSR count). The summed E-state index contributed by atoms with van der Waals surface area (Å²) in [5.74, 6) is 0. The first kappa shape index (κ1) is 13.9. The number of halogens is 1. The smallest absolute Gasteiger partial charge is 0.150 e. The van der Waals surface area contributed by atoms with Gasteiger partial charge in [-0.05, 0) is 18.6 Å². The van der Waals surface area contributed by atoms with Gasteiger partial charge in [0.15, 0.2) is 0 Å². The van der Waals surface area contributed by atoms with Crippen molar-refractivity contribution >= 4 is 27.7 Å². The van der Waals surface area contributed by atoms with Gasteiger partial charge in [-0.15, -0.1) is 9.24 Å². The van der Waals surface area contributed by atoms with Crippen molar-refractivity contribution in [1.82, 2.24) is 0 Å². The molecule has 3 heteroatoms. The third-order valence-corrected chi connectivity index (χ3v) is 4.74. The highest BCUT2D eigenvalue weighted by molar-refractivity contribution is 7.19. The Morgan fingerprint density at radius 2 is 1.38 bits per heavy atom. The molecule has 0 saturated carbocycles. The zero-order valence-corrected chi connectivity index (χ0v) is 12.0. The molecule has 80 valence electrons. The van der Waals surface area contributed by atoms with Gasteiger partial charge in [0.25, 0.3) is 0 Å². The van der Waals surface area contributed by atoms with E-state index in [1.807, 2.05) is 0 Å². The monoisotopic (exact) mass is 238 g/mol. The normalized spacial score (nSPS) is 12.0. The molecule has 1 unspecified atom stereocenters. The van der Waals surface area contributed by atoms with E-state index < -0.39 is 7.38 Å². The first-order chi connectivity index (χ1) is 6.06. The molecule has 0 aromatic carbocycles. The molecule has 0 nitrogen and oxygen atoms in total. The van der Waals surface area contributed by atoms with Crippen LogP contribution in [0.4, 0.5) is 0 Å². The Bertz CT molecular complexity index is 112. The summed E-state index contributed by atoms with van der Waals surface area (Å²) in [5.41, 5.74) is 0. The van der Waals surface area contributed by atoms with Crippen LogP contribution < -0.4 is 0 Å². The highest BCUT2D eigenvalue weighted by Gasteiger charge is 2.15. The second kappa shape index (κ2) is 8.26. The summed E-state index contributed by atoms with van der Waals surface area (Å²) in [6.45, 7) is 4.48. The van der Waals surface area contributed by atoms with Gasteiger partial charge in [0.1, 0.15) is 7.38 Å². The Labute approximate surface area is 91.7 Å². The van der Waals surface area contributed by atoms with Gasteiger partial charge in [-0.2, -0.15) is 11.1 Å². The van der Waals surface area contributed by atoms with E-state index in [0.717, 1.165) is 0 Å². The quantitative estimate of drug-likeness (QED) is 0.250. The van der Waals surface area contributed by atoms with E-state index in [-0.39, 0.29) is 0 Å². The van der Waals surface area contributed by atoms with E-state index in [2.05, 4.69) is 22.3 Å². The molecule has 0 aliphatic heterocycles. The van der Waals surface area contributed by atoms with Crippen LogP contribution in [0.15, 0.2) is 0 Å². The molecular weight excluding hydrogens is 215 g/mol. The lowest BCUT2D eigenvalue weighted by atomic mass is 10.1. The van der Waals surface area contributed by atoms with E-state index in [9.17, 15) is 0 Å². The predicted octanol–water partition coefficient (Wildman–Crippen LogP) is 4.65. The maximum absolute atomic E-state index is 6.23. The summed E-state index contributed by atoms with van der Waals surface area (Å²) < 4.78 is 0. The summed E-state index contributed by atoms with van der Waals surface area (Å²) in [6, 6.07) is 1.29. The zero-order valence-electron chi connectivity index (χ0n) is 9.11. The van der Waals surface area contributed by atoms with Crippen molar-refractivity contribution in [2.75, 3.05) is 6.16 Å². The zero-order chi connectivity index (χ0) is 10.2. The fourth-order valence-corrected chi connectivity index (χ4v) is 3.18. The second-order valence-electron chi connectivity index (χ2n) is 4.38. The Hall–Kier alpha value is 0.937. The van der Waals surface area contributed by atoms with Crippen molar-refractivity contribution in [3.63, 3.8) is 0 Å². The summed E-state index contributed by atoms with van der Waals surface area (Å²) >= 11 is 6.23. The molecule has 0 spiro atoms. The van der Waals surface area contributed by atoms with Crippen LogP contribution in [-0.4, -0.2) is 13.5 Å². The van der Waals surface area contributed by atoms with Gasteiger partial charge >= 0.3 is 0 Å².